The van der Waals surface area contributed by atoms with Crippen molar-refractivity contribution < 1.29 is 4.52 Å². The number of hydrogen-bond acceptors (Lipinski definition) is 8. The summed E-state index contributed by atoms with van der Waals surface area (Å²) in [5, 5.41) is 8.44. The first-order chi connectivity index (χ1) is 10.2. The quantitative estimate of drug-likeness (QED) is 0.740. The van der Waals surface area contributed by atoms with Gasteiger partial charge >= 0.3 is 0 Å². The average Bonchev–Trinajstić information content (AvgIpc) is 3.02. The fraction of sp³-hybridized carbons (Fsp3) is 0.250. The number of nitrogen functional groups attached to an aromatic ring is 1. The fourth-order valence-electron chi connectivity index (χ4n) is 2.03. The maximum absolute atomic E-state index is 5.88. The van der Waals surface area contributed by atoms with Crippen LogP contribution < -0.4 is 5.73 Å². The first-order valence-electron chi connectivity index (χ1n) is 6.30. The highest BCUT2D eigenvalue weighted by Crippen LogP contribution is 2.44. The van der Waals surface area contributed by atoms with Gasteiger partial charge in [-0.05, 0) is 30.4 Å². The third-order valence-corrected chi connectivity index (χ3v) is 4.18. The van der Waals surface area contributed by atoms with Crippen molar-refractivity contribution in [2.24, 2.45) is 0 Å². The van der Waals surface area contributed by atoms with Gasteiger partial charge in [-0.1, -0.05) is 21.2 Å². The summed E-state index contributed by atoms with van der Waals surface area (Å²) in [5.74, 6) is 1.26. The summed E-state index contributed by atoms with van der Waals surface area (Å²) >= 11 is 7.14. The molecule has 0 saturated heterocycles. The molecule has 3 aromatic heterocycles. The molecule has 1 aliphatic rings. The molecule has 0 radical (unpaired) electrons. The number of rotatable bonds is 3. The summed E-state index contributed by atoms with van der Waals surface area (Å²) < 4.78 is 9.31. The van der Waals surface area contributed by atoms with Gasteiger partial charge < -0.3 is 10.3 Å². The van der Waals surface area contributed by atoms with Crippen LogP contribution in [0.15, 0.2) is 16.8 Å². The third kappa shape index (κ3) is 2.26. The Morgan fingerprint density at radius 3 is 3.05 bits per heavy atom. The van der Waals surface area contributed by atoms with E-state index in [4.69, 9.17) is 21.9 Å². The van der Waals surface area contributed by atoms with Crippen molar-refractivity contribution in [2.75, 3.05) is 5.73 Å². The van der Waals surface area contributed by atoms with E-state index in [9.17, 15) is 0 Å². The van der Waals surface area contributed by atoms with Crippen LogP contribution in [-0.4, -0.2) is 24.7 Å². The largest absolute Gasteiger partial charge is 0.397 e. The Hall–Kier alpha value is -2.06. The molecule has 3 heterocycles. The lowest BCUT2D eigenvalue weighted by Crippen LogP contribution is -1.93. The molecule has 1 fully saturated rings. The van der Waals surface area contributed by atoms with E-state index in [0.29, 0.717) is 34.0 Å². The maximum Gasteiger partial charge on any atom is 0.271 e. The molecule has 0 spiro atoms. The molecule has 7 nitrogen and oxygen atoms in total. The van der Waals surface area contributed by atoms with Crippen LogP contribution in [0.25, 0.3) is 22.2 Å². The SMILES string of the molecule is Nc1cnc(Cl)cc1-c1noc(-c2snnc2C2CC2)n1. The molecule has 0 aliphatic heterocycles. The average molecular weight is 321 g/mol. The van der Waals surface area contributed by atoms with Crippen LogP contribution >= 0.6 is 23.1 Å². The van der Waals surface area contributed by atoms with Crippen LogP contribution in [0.1, 0.15) is 24.5 Å². The lowest BCUT2D eigenvalue weighted by atomic mass is 10.2. The molecule has 21 heavy (non-hydrogen) atoms. The lowest BCUT2D eigenvalue weighted by Gasteiger charge is -1.99. The predicted molar refractivity (Wildman–Crippen MR) is 77.8 cm³/mol. The van der Waals surface area contributed by atoms with Crippen LogP contribution in [0.4, 0.5) is 5.69 Å². The minimum atomic E-state index is 0.323. The molecule has 0 amide bonds. The minimum Gasteiger partial charge on any atom is -0.397 e. The van der Waals surface area contributed by atoms with E-state index in [1.54, 1.807) is 6.07 Å². The van der Waals surface area contributed by atoms with Gasteiger partial charge in [0.15, 0.2) is 0 Å². The second kappa shape index (κ2) is 4.74. The van der Waals surface area contributed by atoms with E-state index in [1.165, 1.54) is 17.7 Å². The Morgan fingerprint density at radius 2 is 2.24 bits per heavy atom. The van der Waals surface area contributed by atoms with Gasteiger partial charge in [-0.2, -0.15) is 4.98 Å². The molecule has 106 valence electrons. The van der Waals surface area contributed by atoms with E-state index in [-0.39, 0.29) is 0 Å². The highest BCUT2D eigenvalue weighted by molar-refractivity contribution is 7.09. The van der Waals surface area contributed by atoms with Crippen molar-refractivity contribution >= 4 is 28.8 Å². The Bertz CT molecular complexity index is 812. The van der Waals surface area contributed by atoms with Crippen LogP contribution in [-0.2, 0) is 0 Å². The molecule has 1 saturated carbocycles. The van der Waals surface area contributed by atoms with Crippen molar-refractivity contribution in [1.82, 2.24) is 24.7 Å². The molecule has 3 aromatic rings. The van der Waals surface area contributed by atoms with E-state index in [2.05, 4.69) is 24.7 Å². The van der Waals surface area contributed by atoms with E-state index < -0.39 is 0 Å². The van der Waals surface area contributed by atoms with Crippen molar-refractivity contribution in [3.05, 3.63) is 23.1 Å². The number of aromatic nitrogens is 5. The van der Waals surface area contributed by atoms with E-state index in [0.717, 1.165) is 23.4 Å². The molecule has 9 heteroatoms. The molecule has 0 aromatic carbocycles. The molecule has 4 rings (SSSR count). The summed E-state index contributed by atoms with van der Waals surface area (Å²) in [6.45, 7) is 0. The van der Waals surface area contributed by atoms with Gasteiger partial charge in [-0.15, -0.1) is 5.10 Å². The Balaban J connectivity index is 1.75. The van der Waals surface area contributed by atoms with Crippen LogP contribution in [0, 0.1) is 0 Å². The van der Waals surface area contributed by atoms with Gasteiger partial charge in [0, 0.05) is 5.92 Å². The Labute approximate surface area is 128 Å². The molecular formula is C12H9ClN6OS. The van der Waals surface area contributed by atoms with Crippen LogP contribution in [0.2, 0.25) is 5.15 Å². The summed E-state index contributed by atoms with van der Waals surface area (Å²) in [5.41, 5.74) is 7.85. The fourth-order valence-corrected chi connectivity index (χ4v) is 2.86. The zero-order chi connectivity index (χ0) is 14.4. The number of anilines is 1. The van der Waals surface area contributed by atoms with Gasteiger partial charge in [-0.25, -0.2) is 4.98 Å². The van der Waals surface area contributed by atoms with Crippen molar-refractivity contribution in [3.63, 3.8) is 0 Å². The van der Waals surface area contributed by atoms with Gasteiger partial charge in [0.1, 0.15) is 10.0 Å². The first kappa shape index (κ1) is 12.7. The maximum atomic E-state index is 5.88. The number of nitrogens with zero attached hydrogens (tertiary/aromatic N) is 5. The van der Waals surface area contributed by atoms with Gasteiger partial charge in [0.05, 0.1) is 23.1 Å². The second-order valence-electron chi connectivity index (χ2n) is 4.78. The smallest absolute Gasteiger partial charge is 0.271 e. The third-order valence-electron chi connectivity index (χ3n) is 3.24. The van der Waals surface area contributed by atoms with Crippen molar-refractivity contribution in [2.45, 2.75) is 18.8 Å². The monoisotopic (exact) mass is 320 g/mol. The molecule has 1 aliphatic carbocycles. The highest BCUT2D eigenvalue weighted by Gasteiger charge is 2.31. The van der Waals surface area contributed by atoms with E-state index in [1.807, 2.05) is 0 Å². The number of pyridine rings is 1. The van der Waals surface area contributed by atoms with Gasteiger partial charge in [-0.3, -0.25) is 0 Å². The summed E-state index contributed by atoms with van der Waals surface area (Å²) in [7, 11) is 0. The zero-order valence-corrected chi connectivity index (χ0v) is 12.2. The van der Waals surface area contributed by atoms with Crippen LogP contribution in [0.3, 0.4) is 0 Å². The van der Waals surface area contributed by atoms with Gasteiger partial charge in [0.25, 0.3) is 5.89 Å². The number of halogens is 1. The first-order valence-corrected chi connectivity index (χ1v) is 7.45. The molecule has 2 N–H and O–H groups in total. The number of hydrogen-bond donors (Lipinski definition) is 1. The van der Waals surface area contributed by atoms with Gasteiger partial charge in [0.2, 0.25) is 5.82 Å². The molecule has 0 bridgehead atoms. The summed E-state index contributed by atoms with van der Waals surface area (Å²) in [6, 6.07) is 1.61. The summed E-state index contributed by atoms with van der Waals surface area (Å²) in [4.78, 5) is 9.11. The summed E-state index contributed by atoms with van der Waals surface area (Å²) in [6.07, 6.45) is 3.73. The normalized spacial score (nSPS) is 14.5. The molecular weight excluding hydrogens is 312 g/mol. The lowest BCUT2D eigenvalue weighted by molar-refractivity contribution is 0.433. The molecule has 0 atom stereocenters. The second-order valence-corrected chi connectivity index (χ2v) is 5.92. The Kier molecular flexibility index (Phi) is 2.86. The van der Waals surface area contributed by atoms with E-state index >= 15 is 0 Å². The number of nitrogens with two attached hydrogens (primary N) is 1. The highest BCUT2D eigenvalue weighted by atomic mass is 35.5. The van der Waals surface area contributed by atoms with Crippen molar-refractivity contribution in [1.29, 1.82) is 0 Å². The molecule has 0 unspecified atom stereocenters. The topological polar surface area (TPSA) is 104 Å². The van der Waals surface area contributed by atoms with Crippen LogP contribution in [0.5, 0.6) is 0 Å². The Morgan fingerprint density at radius 1 is 1.38 bits per heavy atom. The predicted octanol–water partition coefficient (Wildman–Crippen LogP) is 2.76. The zero-order valence-electron chi connectivity index (χ0n) is 10.7. The standard InChI is InChI=1S/C12H9ClN6OS/c13-8-3-6(7(14)4-15-8)11-16-12(20-18-11)10-9(5-1-2-5)17-19-21-10/h3-5H,1-2,14H2. The van der Waals surface area contributed by atoms with Crippen molar-refractivity contribution in [3.8, 4) is 22.2 Å². The minimum absolute atomic E-state index is 0.323.